The van der Waals surface area contributed by atoms with Crippen LogP contribution in [-0.2, 0) is 13.0 Å². The standard InChI is InChI=1S/C13H24N4/c1-10(6-8-16(3)4)17-11(2)15-12-9-14-7-5-13(12)17/h10,14H,5-9H2,1-4H3. The van der Waals surface area contributed by atoms with Crippen LogP contribution in [-0.4, -0.2) is 41.6 Å². The fourth-order valence-corrected chi connectivity index (χ4v) is 2.63. The van der Waals surface area contributed by atoms with Crippen LogP contribution in [0.5, 0.6) is 0 Å². The van der Waals surface area contributed by atoms with Gasteiger partial charge in [0.25, 0.3) is 0 Å². The van der Waals surface area contributed by atoms with Gasteiger partial charge in [0.15, 0.2) is 0 Å². The van der Waals surface area contributed by atoms with Gasteiger partial charge in [0.2, 0.25) is 0 Å². The lowest BCUT2D eigenvalue weighted by molar-refractivity contribution is 0.351. The van der Waals surface area contributed by atoms with E-state index < -0.39 is 0 Å². The van der Waals surface area contributed by atoms with Gasteiger partial charge in [-0.05, 0) is 40.9 Å². The number of hydrogen-bond donors (Lipinski definition) is 1. The summed E-state index contributed by atoms with van der Waals surface area (Å²) in [6, 6.07) is 0.548. The van der Waals surface area contributed by atoms with E-state index in [1.165, 1.54) is 23.6 Å². The number of rotatable bonds is 4. The molecule has 0 aliphatic carbocycles. The molecule has 0 amide bonds. The van der Waals surface area contributed by atoms with Crippen LogP contribution in [0.4, 0.5) is 0 Å². The Morgan fingerprint density at radius 1 is 1.47 bits per heavy atom. The topological polar surface area (TPSA) is 33.1 Å². The number of fused-ring (bicyclic) bond motifs is 1. The minimum atomic E-state index is 0.548. The second-order valence-corrected chi connectivity index (χ2v) is 5.29. The van der Waals surface area contributed by atoms with Crippen LogP contribution >= 0.6 is 0 Å². The third-order valence-electron chi connectivity index (χ3n) is 3.54. The number of hydrogen-bond acceptors (Lipinski definition) is 3. The monoisotopic (exact) mass is 236 g/mol. The Morgan fingerprint density at radius 2 is 2.24 bits per heavy atom. The van der Waals surface area contributed by atoms with Gasteiger partial charge in [0.1, 0.15) is 5.82 Å². The van der Waals surface area contributed by atoms with Crippen molar-refractivity contribution in [2.75, 3.05) is 27.2 Å². The van der Waals surface area contributed by atoms with Crippen LogP contribution < -0.4 is 5.32 Å². The molecule has 4 nitrogen and oxygen atoms in total. The molecule has 0 radical (unpaired) electrons. The summed E-state index contributed by atoms with van der Waals surface area (Å²) in [6.07, 6.45) is 2.30. The van der Waals surface area contributed by atoms with Gasteiger partial charge >= 0.3 is 0 Å². The SMILES string of the molecule is Cc1nc2c(n1C(C)CCN(C)C)CCNC2. The van der Waals surface area contributed by atoms with E-state index in [1.54, 1.807) is 0 Å². The summed E-state index contributed by atoms with van der Waals surface area (Å²) in [6.45, 7) is 7.58. The maximum absolute atomic E-state index is 4.69. The summed E-state index contributed by atoms with van der Waals surface area (Å²) in [5, 5.41) is 3.39. The Kier molecular flexibility index (Phi) is 3.84. The molecule has 1 aliphatic rings. The summed E-state index contributed by atoms with van der Waals surface area (Å²) in [7, 11) is 4.26. The average Bonchev–Trinajstić information content (AvgIpc) is 2.61. The summed E-state index contributed by atoms with van der Waals surface area (Å²) < 4.78 is 2.44. The molecule has 0 saturated carbocycles. The molecule has 1 aromatic heterocycles. The summed E-state index contributed by atoms with van der Waals surface area (Å²) in [5.74, 6) is 1.17. The normalized spacial score (nSPS) is 17.2. The molecule has 2 rings (SSSR count). The molecule has 1 aliphatic heterocycles. The van der Waals surface area contributed by atoms with Gasteiger partial charge in [-0.15, -0.1) is 0 Å². The summed E-state index contributed by atoms with van der Waals surface area (Å²) in [5.41, 5.74) is 2.71. The zero-order valence-electron chi connectivity index (χ0n) is 11.5. The highest BCUT2D eigenvalue weighted by Gasteiger charge is 2.20. The van der Waals surface area contributed by atoms with Gasteiger partial charge in [-0.1, -0.05) is 0 Å². The predicted molar refractivity (Wildman–Crippen MR) is 70.3 cm³/mol. The molecule has 17 heavy (non-hydrogen) atoms. The van der Waals surface area contributed by atoms with Gasteiger partial charge in [-0.3, -0.25) is 0 Å². The van der Waals surface area contributed by atoms with Crippen molar-refractivity contribution in [1.29, 1.82) is 0 Å². The smallest absolute Gasteiger partial charge is 0.106 e. The maximum Gasteiger partial charge on any atom is 0.106 e. The third-order valence-corrected chi connectivity index (χ3v) is 3.54. The highest BCUT2D eigenvalue weighted by atomic mass is 15.1. The van der Waals surface area contributed by atoms with Crippen LogP contribution in [0.25, 0.3) is 0 Å². The van der Waals surface area contributed by atoms with Crippen molar-refractivity contribution < 1.29 is 0 Å². The van der Waals surface area contributed by atoms with E-state index >= 15 is 0 Å². The van der Waals surface area contributed by atoms with Gasteiger partial charge in [-0.2, -0.15) is 0 Å². The minimum Gasteiger partial charge on any atom is -0.329 e. The van der Waals surface area contributed by atoms with Crippen molar-refractivity contribution in [2.45, 2.75) is 39.3 Å². The van der Waals surface area contributed by atoms with Crippen LogP contribution in [0.2, 0.25) is 0 Å². The van der Waals surface area contributed by atoms with Crippen molar-refractivity contribution in [3.8, 4) is 0 Å². The van der Waals surface area contributed by atoms with Crippen molar-refractivity contribution >= 4 is 0 Å². The largest absolute Gasteiger partial charge is 0.329 e. The molecule has 0 spiro atoms. The molecular weight excluding hydrogens is 212 g/mol. The van der Waals surface area contributed by atoms with Gasteiger partial charge < -0.3 is 14.8 Å². The van der Waals surface area contributed by atoms with Crippen LogP contribution in [0.15, 0.2) is 0 Å². The molecule has 0 bridgehead atoms. The van der Waals surface area contributed by atoms with Crippen molar-refractivity contribution in [1.82, 2.24) is 19.8 Å². The lowest BCUT2D eigenvalue weighted by Gasteiger charge is -2.22. The fourth-order valence-electron chi connectivity index (χ4n) is 2.63. The third kappa shape index (κ3) is 2.69. The van der Waals surface area contributed by atoms with Gasteiger partial charge in [0.05, 0.1) is 5.69 Å². The fraction of sp³-hybridized carbons (Fsp3) is 0.769. The van der Waals surface area contributed by atoms with Crippen LogP contribution in [0.1, 0.15) is 36.6 Å². The zero-order valence-corrected chi connectivity index (χ0v) is 11.5. The second-order valence-electron chi connectivity index (χ2n) is 5.29. The summed E-state index contributed by atoms with van der Waals surface area (Å²) >= 11 is 0. The van der Waals surface area contributed by atoms with E-state index in [0.29, 0.717) is 6.04 Å². The molecule has 0 aromatic carbocycles. The zero-order chi connectivity index (χ0) is 12.4. The average molecular weight is 236 g/mol. The molecule has 4 heteroatoms. The predicted octanol–water partition coefficient (Wildman–Crippen LogP) is 1.35. The van der Waals surface area contributed by atoms with Crippen LogP contribution in [0.3, 0.4) is 0 Å². The quantitative estimate of drug-likeness (QED) is 0.856. The first-order valence-electron chi connectivity index (χ1n) is 6.51. The first-order chi connectivity index (χ1) is 8.09. The van der Waals surface area contributed by atoms with E-state index in [1.807, 2.05) is 0 Å². The van der Waals surface area contributed by atoms with E-state index in [4.69, 9.17) is 0 Å². The molecular formula is C13H24N4. The Balaban J connectivity index is 2.16. The first-order valence-corrected chi connectivity index (χ1v) is 6.51. The maximum atomic E-state index is 4.69. The molecule has 0 fully saturated rings. The van der Waals surface area contributed by atoms with E-state index in [9.17, 15) is 0 Å². The highest BCUT2D eigenvalue weighted by Crippen LogP contribution is 2.22. The molecule has 1 atom stereocenters. The Morgan fingerprint density at radius 3 is 2.94 bits per heavy atom. The first kappa shape index (κ1) is 12.6. The number of nitrogens with zero attached hydrogens (tertiary/aromatic N) is 3. The molecule has 96 valence electrons. The van der Waals surface area contributed by atoms with E-state index in [0.717, 1.165) is 26.1 Å². The minimum absolute atomic E-state index is 0.548. The Bertz CT molecular complexity index is 381. The molecule has 1 aromatic rings. The molecule has 1 N–H and O–H groups in total. The molecule has 0 saturated heterocycles. The van der Waals surface area contributed by atoms with Gasteiger partial charge in [-0.25, -0.2) is 4.98 Å². The number of aryl methyl sites for hydroxylation is 1. The number of nitrogens with one attached hydrogen (secondary N) is 1. The summed E-state index contributed by atoms with van der Waals surface area (Å²) in [4.78, 5) is 6.93. The lowest BCUT2D eigenvalue weighted by Crippen LogP contribution is -2.26. The Hall–Kier alpha value is -0.870. The van der Waals surface area contributed by atoms with Crippen molar-refractivity contribution in [2.24, 2.45) is 0 Å². The highest BCUT2D eigenvalue weighted by molar-refractivity contribution is 5.20. The van der Waals surface area contributed by atoms with E-state index in [-0.39, 0.29) is 0 Å². The molecule has 1 unspecified atom stereocenters. The number of aromatic nitrogens is 2. The number of imidazole rings is 1. The van der Waals surface area contributed by atoms with Crippen LogP contribution in [0, 0.1) is 6.92 Å². The lowest BCUT2D eigenvalue weighted by atomic mass is 10.1. The Labute approximate surface area is 104 Å². The van der Waals surface area contributed by atoms with Crippen molar-refractivity contribution in [3.63, 3.8) is 0 Å². The second kappa shape index (κ2) is 5.19. The van der Waals surface area contributed by atoms with Crippen molar-refractivity contribution in [3.05, 3.63) is 17.2 Å². The van der Waals surface area contributed by atoms with E-state index in [2.05, 4.69) is 47.7 Å². The molecule has 2 heterocycles. The van der Waals surface area contributed by atoms with Gasteiger partial charge in [0, 0.05) is 31.2 Å².